The molecule has 0 aliphatic heterocycles. The summed E-state index contributed by atoms with van der Waals surface area (Å²) in [6.07, 6.45) is -0.281. The minimum atomic E-state index is -0.281. The molecule has 1 nitrogen and oxygen atoms in total. The number of thioether (sulfide) groups is 1. The molecular formula is C13H13BrOS. The number of aliphatic hydroxyl groups excluding tert-OH is 1. The number of rotatable bonds is 4. The fourth-order valence-electron chi connectivity index (χ4n) is 1.49. The topological polar surface area (TPSA) is 20.2 Å². The highest BCUT2D eigenvalue weighted by atomic mass is 79.9. The third-order valence-electron chi connectivity index (χ3n) is 2.34. The second-order valence-electron chi connectivity index (χ2n) is 3.63. The van der Waals surface area contributed by atoms with Crippen LogP contribution in [0.1, 0.15) is 0 Å². The first kappa shape index (κ1) is 12.0. The van der Waals surface area contributed by atoms with Gasteiger partial charge in [-0.25, -0.2) is 0 Å². The Morgan fingerprint density at radius 3 is 2.62 bits per heavy atom. The Morgan fingerprint density at radius 1 is 1.12 bits per heavy atom. The van der Waals surface area contributed by atoms with Gasteiger partial charge in [0.15, 0.2) is 0 Å². The molecule has 0 saturated carbocycles. The number of alkyl halides is 1. The fourth-order valence-corrected chi connectivity index (χ4v) is 2.90. The Kier molecular flexibility index (Phi) is 4.27. The lowest BCUT2D eigenvalue weighted by Crippen LogP contribution is -2.10. The van der Waals surface area contributed by atoms with Crippen LogP contribution in [0.4, 0.5) is 0 Å². The van der Waals surface area contributed by atoms with Gasteiger partial charge in [-0.15, -0.1) is 11.8 Å². The monoisotopic (exact) mass is 296 g/mol. The molecule has 1 N–H and O–H groups in total. The first-order chi connectivity index (χ1) is 7.79. The van der Waals surface area contributed by atoms with E-state index in [2.05, 4.69) is 46.3 Å². The maximum Gasteiger partial charge on any atom is 0.0730 e. The predicted octanol–water partition coefficient (Wildman–Crippen LogP) is 3.69. The van der Waals surface area contributed by atoms with Crippen molar-refractivity contribution >= 4 is 38.5 Å². The molecule has 0 aliphatic carbocycles. The zero-order valence-corrected chi connectivity index (χ0v) is 11.2. The number of benzene rings is 2. The highest BCUT2D eigenvalue weighted by Crippen LogP contribution is 2.24. The summed E-state index contributed by atoms with van der Waals surface area (Å²) in [7, 11) is 0. The van der Waals surface area contributed by atoms with E-state index in [1.807, 2.05) is 12.1 Å². The fraction of sp³-hybridized carbons (Fsp3) is 0.231. The maximum atomic E-state index is 9.46. The molecule has 0 amide bonds. The van der Waals surface area contributed by atoms with E-state index in [4.69, 9.17) is 0 Å². The first-order valence-electron chi connectivity index (χ1n) is 5.15. The predicted molar refractivity (Wildman–Crippen MR) is 74.5 cm³/mol. The van der Waals surface area contributed by atoms with Crippen LogP contribution in [0.2, 0.25) is 0 Å². The number of hydrogen-bond acceptors (Lipinski definition) is 2. The summed E-state index contributed by atoms with van der Waals surface area (Å²) in [5.74, 6) is 0.726. The van der Waals surface area contributed by atoms with Crippen LogP contribution in [0.15, 0.2) is 47.4 Å². The van der Waals surface area contributed by atoms with Gasteiger partial charge in [-0.2, -0.15) is 0 Å². The molecule has 84 valence electrons. The van der Waals surface area contributed by atoms with Crippen molar-refractivity contribution in [1.82, 2.24) is 0 Å². The van der Waals surface area contributed by atoms with E-state index in [-0.39, 0.29) is 6.10 Å². The van der Waals surface area contributed by atoms with Crippen LogP contribution in [0.5, 0.6) is 0 Å². The number of fused-ring (bicyclic) bond motifs is 1. The Labute approximate surface area is 108 Å². The molecule has 0 fully saturated rings. The summed E-state index contributed by atoms with van der Waals surface area (Å²) >= 11 is 4.95. The smallest absolute Gasteiger partial charge is 0.0730 e. The number of hydrogen-bond donors (Lipinski definition) is 1. The Hall–Kier alpha value is -0.510. The average molecular weight is 297 g/mol. The van der Waals surface area contributed by atoms with Crippen LogP contribution in [-0.4, -0.2) is 22.3 Å². The molecule has 0 spiro atoms. The van der Waals surface area contributed by atoms with Crippen molar-refractivity contribution in [1.29, 1.82) is 0 Å². The van der Waals surface area contributed by atoms with Crippen molar-refractivity contribution in [3.63, 3.8) is 0 Å². The molecule has 0 radical (unpaired) electrons. The lowest BCUT2D eigenvalue weighted by molar-refractivity contribution is 0.226. The van der Waals surface area contributed by atoms with Gasteiger partial charge in [0.2, 0.25) is 0 Å². The summed E-state index contributed by atoms with van der Waals surface area (Å²) < 4.78 is 0. The van der Waals surface area contributed by atoms with Gasteiger partial charge in [0.1, 0.15) is 0 Å². The molecule has 3 heteroatoms. The van der Waals surface area contributed by atoms with Crippen LogP contribution in [0.25, 0.3) is 10.8 Å². The maximum absolute atomic E-state index is 9.46. The van der Waals surface area contributed by atoms with Gasteiger partial charge in [-0.3, -0.25) is 0 Å². The second kappa shape index (κ2) is 5.71. The van der Waals surface area contributed by atoms with Crippen LogP contribution in [0, 0.1) is 0 Å². The van der Waals surface area contributed by atoms with Gasteiger partial charge < -0.3 is 5.11 Å². The van der Waals surface area contributed by atoms with Crippen molar-refractivity contribution in [3.05, 3.63) is 42.5 Å². The highest BCUT2D eigenvalue weighted by Gasteiger charge is 2.03. The van der Waals surface area contributed by atoms with Crippen molar-refractivity contribution in [3.8, 4) is 0 Å². The molecule has 2 rings (SSSR count). The minimum Gasteiger partial charge on any atom is -0.391 e. The Morgan fingerprint density at radius 2 is 1.88 bits per heavy atom. The quantitative estimate of drug-likeness (QED) is 0.686. The Bertz CT molecular complexity index is 472. The van der Waals surface area contributed by atoms with Gasteiger partial charge in [0, 0.05) is 16.0 Å². The van der Waals surface area contributed by atoms with E-state index in [0.29, 0.717) is 5.33 Å². The van der Waals surface area contributed by atoms with Crippen LogP contribution < -0.4 is 0 Å². The lowest BCUT2D eigenvalue weighted by Gasteiger charge is -2.07. The van der Waals surface area contributed by atoms with Crippen LogP contribution in [0.3, 0.4) is 0 Å². The van der Waals surface area contributed by atoms with Gasteiger partial charge in [-0.05, 0) is 22.9 Å². The molecule has 0 saturated heterocycles. The molecular weight excluding hydrogens is 284 g/mol. The average Bonchev–Trinajstić information content (AvgIpc) is 2.35. The van der Waals surface area contributed by atoms with E-state index >= 15 is 0 Å². The molecule has 1 unspecified atom stereocenters. The van der Waals surface area contributed by atoms with Gasteiger partial charge in [-0.1, -0.05) is 46.3 Å². The van der Waals surface area contributed by atoms with Crippen molar-refractivity contribution in [2.24, 2.45) is 0 Å². The molecule has 0 bridgehead atoms. The van der Waals surface area contributed by atoms with Crippen molar-refractivity contribution in [2.75, 3.05) is 11.1 Å². The number of halogens is 1. The summed E-state index contributed by atoms with van der Waals surface area (Å²) in [5, 5.41) is 12.6. The zero-order chi connectivity index (χ0) is 11.4. The summed E-state index contributed by atoms with van der Waals surface area (Å²) in [5.41, 5.74) is 0. The Balaban J connectivity index is 2.13. The summed E-state index contributed by atoms with van der Waals surface area (Å²) in [6, 6.07) is 14.7. The third kappa shape index (κ3) is 3.00. The summed E-state index contributed by atoms with van der Waals surface area (Å²) in [4.78, 5) is 1.21. The van der Waals surface area contributed by atoms with Crippen molar-refractivity contribution in [2.45, 2.75) is 11.0 Å². The van der Waals surface area contributed by atoms with Gasteiger partial charge in [0.25, 0.3) is 0 Å². The summed E-state index contributed by atoms with van der Waals surface area (Å²) in [6.45, 7) is 0. The molecule has 2 aromatic rings. The SMILES string of the molecule is OC(CBr)CSc1ccc2ccccc2c1. The van der Waals surface area contributed by atoms with E-state index in [1.165, 1.54) is 15.7 Å². The zero-order valence-electron chi connectivity index (χ0n) is 8.77. The van der Waals surface area contributed by atoms with E-state index < -0.39 is 0 Å². The third-order valence-corrected chi connectivity index (χ3v) is 4.23. The van der Waals surface area contributed by atoms with Gasteiger partial charge in [0.05, 0.1) is 6.10 Å². The normalized spacial score (nSPS) is 12.9. The van der Waals surface area contributed by atoms with Crippen LogP contribution in [-0.2, 0) is 0 Å². The molecule has 1 atom stereocenters. The highest BCUT2D eigenvalue weighted by molar-refractivity contribution is 9.09. The lowest BCUT2D eigenvalue weighted by atomic mass is 10.1. The molecule has 0 heterocycles. The molecule has 16 heavy (non-hydrogen) atoms. The van der Waals surface area contributed by atoms with Gasteiger partial charge >= 0.3 is 0 Å². The molecule has 0 aliphatic rings. The largest absolute Gasteiger partial charge is 0.391 e. The van der Waals surface area contributed by atoms with E-state index in [1.54, 1.807) is 11.8 Å². The van der Waals surface area contributed by atoms with Crippen LogP contribution >= 0.6 is 27.7 Å². The standard InChI is InChI=1S/C13H13BrOS/c14-8-12(15)9-16-13-6-5-10-3-1-2-4-11(10)7-13/h1-7,12,15H,8-9H2. The van der Waals surface area contributed by atoms with E-state index in [9.17, 15) is 5.11 Å². The van der Waals surface area contributed by atoms with E-state index in [0.717, 1.165) is 5.75 Å². The molecule has 0 aromatic heterocycles. The number of aliphatic hydroxyl groups is 1. The van der Waals surface area contributed by atoms with Crippen molar-refractivity contribution < 1.29 is 5.11 Å². The minimum absolute atomic E-state index is 0.281. The second-order valence-corrected chi connectivity index (χ2v) is 5.37. The molecule has 2 aromatic carbocycles. The first-order valence-corrected chi connectivity index (χ1v) is 7.26.